The molecule has 0 spiro atoms. The van der Waals surface area contributed by atoms with E-state index in [2.05, 4.69) is 12.1 Å². The molecule has 0 aromatic heterocycles. The van der Waals surface area contributed by atoms with Crippen molar-refractivity contribution in [2.75, 3.05) is 12.8 Å². The van der Waals surface area contributed by atoms with Crippen LogP contribution < -0.4 is 5.73 Å². The number of esters is 1. The van der Waals surface area contributed by atoms with Gasteiger partial charge in [-0.3, -0.25) is 4.79 Å². The minimum atomic E-state index is -0.560. The fourth-order valence-electron chi connectivity index (χ4n) is 3.29. The summed E-state index contributed by atoms with van der Waals surface area (Å²) in [6, 6.07) is 6.13. The van der Waals surface area contributed by atoms with E-state index in [1.165, 1.54) is 18.4 Å². The lowest BCUT2D eigenvalue weighted by Gasteiger charge is -2.29. The molecule has 0 amide bonds. The number of nitrogen functional groups attached to an aromatic ring is 1. The van der Waals surface area contributed by atoms with Gasteiger partial charge in [0.1, 0.15) is 5.60 Å². The molecule has 1 aromatic rings. The second-order valence-corrected chi connectivity index (χ2v) is 7.94. The number of nitrogens with two attached hydrogens (primary N) is 1. The Morgan fingerprint density at radius 1 is 1.30 bits per heavy atom. The van der Waals surface area contributed by atoms with Crippen molar-refractivity contribution >= 4 is 11.7 Å². The zero-order valence-corrected chi connectivity index (χ0v) is 14.5. The van der Waals surface area contributed by atoms with Crippen LogP contribution in [0.15, 0.2) is 18.2 Å². The van der Waals surface area contributed by atoms with Gasteiger partial charge < -0.3 is 15.2 Å². The van der Waals surface area contributed by atoms with Gasteiger partial charge in [0.05, 0.1) is 11.5 Å². The monoisotopic (exact) mass is 317 g/mol. The summed E-state index contributed by atoms with van der Waals surface area (Å²) in [7, 11) is 1.65. The lowest BCUT2D eigenvalue weighted by atomic mass is 9.90. The van der Waals surface area contributed by atoms with Crippen LogP contribution in [0.1, 0.15) is 69.6 Å². The fourth-order valence-corrected chi connectivity index (χ4v) is 3.29. The van der Waals surface area contributed by atoms with Gasteiger partial charge in [0, 0.05) is 12.8 Å². The van der Waals surface area contributed by atoms with E-state index in [4.69, 9.17) is 15.2 Å². The van der Waals surface area contributed by atoms with Crippen molar-refractivity contribution in [1.29, 1.82) is 0 Å². The Morgan fingerprint density at radius 3 is 2.39 bits per heavy atom. The molecule has 1 unspecified atom stereocenters. The molecule has 4 heteroatoms. The van der Waals surface area contributed by atoms with Crippen LogP contribution in [0, 0.1) is 5.41 Å². The Balaban J connectivity index is 1.84. The van der Waals surface area contributed by atoms with Gasteiger partial charge in [-0.2, -0.15) is 0 Å². The predicted octanol–water partition coefficient (Wildman–Crippen LogP) is 3.96. The minimum Gasteiger partial charge on any atom is -0.459 e. The summed E-state index contributed by atoms with van der Waals surface area (Å²) in [6.07, 6.45) is 3.74. The highest BCUT2D eigenvalue weighted by Gasteiger charge is 2.58. The third-order valence-electron chi connectivity index (χ3n) is 4.76. The van der Waals surface area contributed by atoms with Crippen molar-refractivity contribution < 1.29 is 14.3 Å². The second kappa shape index (κ2) is 5.52. The highest BCUT2D eigenvalue weighted by Crippen LogP contribution is 2.58. The molecule has 0 radical (unpaired) electrons. The van der Waals surface area contributed by atoms with Crippen molar-refractivity contribution in [3.63, 3.8) is 0 Å². The molecule has 0 saturated heterocycles. The summed E-state index contributed by atoms with van der Waals surface area (Å²) in [6.45, 7) is 5.68. The summed E-state index contributed by atoms with van der Waals surface area (Å²) >= 11 is 0. The molecular formula is C19H27NO3. The van der Waals surface area contributed by atoms with Crippen LogP contribution in [0.25, 0.3) is 0 Å². The lowest BCUT2D eigenvalue weighted by Crippen LogP contribution is -2.33. The number of hydrogen-bond donors (Lipinski definition) is 1. The van der Waals surface area contributed by atoms with Crippen LogP contribution in [0.3, 0.4) is 0 Å². The van der Waals surface area contributed by atoms with Crippen LogP contribution >= 0.6 is 0 Å². The number of carbonyl (C=O) groups is 1. The van der Waals surface area contributed by atoms with E-state index in [0.29, 0.717) is 5.92 Å². The van der Waals surface area contributed by atoms with E-state index in [1.807, 2.05) is 26.8 Å². The van der Waals surface area contributed by atoms with E-state index in [1.54, 1.807) is 7.11 Å². The quantitative estimate of drug-likeness (QED) is 0.659. The topological polar surface area (TPSA) is 61.5 Å². The highest BCUT2D eigenvalue weighted by atomic mass is 16.6. The van der Waals surface area contributed by atoms with E-state index in [-0.39, 0.29) is 12.1 Å². The van der Waals surface area contributed by atoms with Crippen LogP contribution in [-0.4, -0.2) is 18.7 Å². The molecule has 2 fully saturated rings. The molecule has 0 heterocycles. The molecule has 0 aliphatic heterocycles. The molecule has 1 aromatic carbocycles. The number of hydrogen-bond acceptors (Lipinski definition) is 4. The first-order chi connectivity index (χ1) is 10.8. The summed E-state index contributed by atoms with van der Waals surface area (Å²) in [5, 5.41) is 0. The number of carbonyl (C=O) groups excluding carboxylic acids is 1. The summed E-state index contributed by atoms with van der Waals surface area (Å²) in [5.41, 5.74) is 8.19. The molecule has 126 valence electrons. The molecule has 23 heavy (non-hydrogen) atoms. The van der Waals surface area contributed by atoms with Crippen molar-refractivity contribution in [2.24, 2.45) is 5.41 Å². The van der Waals surface area contributed by atoms with Gasteiger partial charge in [0.25, 0.3) is 0 Å². The van der Waals surface area contributed by atoms with Gasteiger partial charge in [-0.25, -0.2) is 0 Å². The first kappa shape index (κ1) is 16.3. The zero-order valence-electron chi connectivity index (χ0n) is 14.5. The number of ether oxygens (including phenoxy) is 2. The zero-order chi connectivity index (χ0) is 16.8. The van der Waals surface area contributed by atoms with Gasteiger partial charge in [0.15, 0.2) is 0 Å². The normalized spacial score (nSPS) is 20.9. The van der Waals surface area contributed by atoms with Crippen molar-refractivity contribution in [3.05, 3.63) is 29.3 Å². The first-order valence-corrected chi connectivity index (χ1v) is 8.42. The van der Waals surface area contributed by atoms with Gasteiger partial charge in [0.2, 0.25) is 0 Å². The van der Waals surface area contributed by atoms with Crippen LogP contribution in [-0.2, 0) is 14.3 Å². The minimum absolute atomic E-state index is 0.165. The average Bonchev–Trinajstić information content (AvgIpc) is 3.32. The number of rotatable bonds is 5. The average molecular weight is 317 g/mol. The SMILES string of the molecule is COC(c1ccc(C2CC2)c(N)c1)C1(C(=O)OC(C)(C)C)CC1. The van der Waals surface area contributed by atoms with E-state index >= 15 is 0 Å². The van der Waals surface area contributed by atoms with E-state index < -0.39 is 11.0 Å². The van der Waals surface area contributed by atoms with E-state index in [0.717, 1.165) is 24.1 Å². The van der Waals surface area contributed by atoms with Crippen molar-refractivity contribution in [3.8, 4) is 0 Å². The molecule has 4 nitrogen and oxygen atoms in total. The smallest absolute Gasteiger partial charge is 0.315 e. The van der Waals surface area contributed by atoms with Crippen molar-refractivity contribution in [2.45, 2.75) is 64.1 Å². The summed E-state index contributed by atoms with van der Waals surface area (Å²) < 4.78 is 11.3. The Morgan fingerprint density at radius 2 is 1.96 bits per heavy atom. The van der Waals surface area contributed by atoms with Crippen LogP contribution in [0.5, 0.6) is 0 Å². The Bertz CT molecular complexity index is 610. The molecule has 2 aliphatic rings. The number of anilines is 1. The Hall–Kier alpha value is -1.55. The maximum atomic E-state index is 12.7. The molecular weight excluding hydrogens is 290 g/mol. The Labute approximate surface area is 138 Å². The number of methoxy groups -OCH3 is 1. The molecule has 0 bridgehead atoms. The third kappa shape index (κ3) is 3.23. The second-order valence-electron chi connectivity index (χ2n) is 7.94. The van der Waals surface area contributed by atoms with E-state index in [9.17, 15) is 4.79 Å². The maximum absolute atomic E-state index is 12.7. The van der Waals surface area contributed by atoms with Crippen LogP contribution in [0.2, 0.25) is 0 Å². The molecule has 3 rings (SSSR count). The fraction of sp³-hybridized carbons (Fsp3) is 0.632. The van der Waals surface area contributed by atoms with Gasteiger partial charge in [-0.05, 0) is 69.6 Å². The largest absolute Gasteiger partial charge is 0.459 e. The predicted molar refractivity (Wildman–Crippen MR) is 90.1 cm³/mol. The summed E-state index contributed by atoms with van der Waals surface area (Å²) in [4.78, 5) is 12.7. The standard InChI is InChI=1S/C19H27NO3/c1-18(2,3)23-17(21)19(9-10-19)16(22-4)13-7-8-14(12-5-6-12)15(20)11-13/h7-8,11-12,16H,5-6,9-10,20H2,1-4H3. The molecule has 1 atom stereocenters. The molecule has 2 aliphatic carbocycles. The van der Waals surface area contributed by atoms with Crippen molar-refractivity contribution in [1.82, 2.24) is 0 Å². The molecule has 2 N–H and O–H groups in total. The summed E-state index contributed by atoms with van der Waals surface area (Å²) in [5.74, 6) is 0.451. The lowest BCUT2D eigenvalue weighted by molar-refractivity contribution is -0.168. The maximum Gasteiger partial charge on any atom is 0.315 e. The third-order valence-corrected chi connectivity index (χ3v) is 4.76. The molecule has 2 saturated carbocycles. The Kier molecular flexibility index (Phi) is 3.91. The van der Waals surface area contributed by atoms with Gasteiger partial charge in [-0.15, -0.1) is 0 Å². The number of benzene rings is 1. The van der Waals surface area contributed by atoms with Gasteiger partial charge in [-0.1, -0.05) is 12.1 Å². The van der Waals surface area contributed by atoms with Gasteiger partial charge >= 0.3 is 5.97 Å². The highest BCUT2D eigenvalue weighted by molar-refractivity contribution is 5.81. The first-order valence-electron chi connectivity index (χ1n) is 8.42. The van der Waals surface area contributed by atoms with Crippen LogP contribution in [0.4, 0.5) is 5.69 Å².